The first-order valence-corrected chi connectivity index (χ1v) is 8.61. The number of benzene rings is 1. The molecule has 0 spiro atoms. The molecule has 112 valence electrons. The standard InChI is InChI=1S/C15H23NO3S/c1-4-13-7-5-6-10-16(13)20(17,18)15-11-12(2)8-9-14(15)19-3/h8-9,11,13H,4-7,10H2,1-3H3/t13-/m0/s1. The molecule has 1 aliphatic heterocycles. The van der Waals surface area contributed by atoms with E-state index < -0.39 is 10.0 Å². The summed E-state index contributed by atoms with van der Waals surface area (Å²) in [5.74, 6) is 0.427. The SMILES string of the molecule is CC[C@H]1CCCCN1S(=O)(=O)c1cc(C)ccc1OC. The molecule has 2 rings (SSSR count). The van der Waals surface area contributed by atoms with E-state index in [0.717, 1.165) is 31.2 Å². The van der Waals surface area contributed by atoms with E-state index in [0.29, 0.717) is 17.2 Å². The number of nitrogens with zero attached hydrogens (tertiary/aromatic N) is 1. The Morgan fingerprint density at radius 2 is 2.10 bits per heavy atom. The third-order valence-corrected chi connectivity index (χ3v) is 5.92. The van der Waals surface area contributed by atoms with Crippen LogP contribution in [0.25, 0.3) is 0 Å². The van der Waals surface area contributed by atoms with Crippen LogP contribution in [0.2, 0.25) is 0 Å². The summed E-state index contributed by atoms with van der Waals surface area (Å²) >= 11 is 0. The highest BCUT2D eigenvalue weighted by atomic mass is 32.2. The third kappa shape index (κ3) is 2.83. The monoisotopic (exact) mass is 297 g/mol. The van der Waals surface area contributed by atoms with Crippen LogP contribution in [0.1, 0.15) is 38.2 Å². The Bertz CT molecular complexity index is 568. The zero-order valence-electron chi connectivity index (χ0n) is 12.4. The Labute approximate surface area is 121 Å². The summed E-state index contributed by atoms with van der Waals surface area (Å²) in [5, 5.41) is 0. The highest BCUT2D eigenvalue weighted by Crippen LogP contribution is 2.32. The third-order valence-electron chi connectivity index (χ3n) is 3.95. The van der Waals surface area contributed by atoms with Crippen molar-refractivity contribution in [2.24, 2.45) is 0 Å². The van der Waals surface area contributed by atoms with Gasteiger partial charge in [-0.3, -0.25) is 0 Å². The van der Waals surface area contributed by atoms with Crippen molar-refractivity contribution < 1.29 is 13.2 Å². The second kappa shape index (κ2) is 6.14. The van der Waals surface area contributed by atoms with Crippen LogP contribution in [0, 0.1) is 6.92 Å². The highest BCUT2D eigenvalue weighted by molar-refractivity contribution is 7.89. The maximum Gasteiger partial charge on any atom is 0.247 e. The lowest BCUT2D eigenvalue weighted by Gasteiger charge is -2.34. The molecule has 20 heavy (non-hydrogen) atoms. The van der Waals surface area contributed by atoms with E-state index in [4.69, 9.17) is 4.74 Å². The van der Waals surface area contributed by atoms with Gasteiger partial charge in [0.2, 0.25) is 10.0 Å². The zero-order chi connectivity index (χ0) is 14.8. The summed E-state index contributed by atoms with van der Waals surface area (Å²) in [6.45, 7) is 4.55. The van der Waals surface area contributed by atoms with Gasteiger partial charge in [0.25, 0.3) is 0 Å². The Kier molecular flexibility index (Phi) is 4.70. The van der Waals surface area contributed by atoms with E-state index in [2.05, 4.69) is 0 Å². The fourth-order valence-corrected chi connectivity index (χ4v) is 4.82. The van der Waals surface area contributed by atoms with Gasteiger partial charge >= 0.3 is 0 Å². The van der Waals surface area contributed by atoms with Gasteiger partial charge in [0.05, 0.1) is 7.11 Å². The van der Waals surface area contributed by atoms with Crippen LogP contribution in [-0.2, 0) is 10.0 Å². The van der Waals surface area contributed by atoms with Gasteiger partial charge in [-0.15, -0.1) is 0 Å². The van der Waals surface area contributed by atoms with E-state index in [1.54, 1.807) is 16.4 Å². The zero-order valence-corrected chi connectivity index (χ0v) is 13.2. The number of methoxy groups -OCH3 is 1. The van der Waals surface area contributed by atoms with Crippen LogP contribution in [0.15, 0.2) is 23.1 Å². The second-order valence-corrected chi connectivity index (χ2v) is 7.19. The fourth-order valence-electron chi connectivity index (χ4n) is 2.81. The Morgan fingerprint density at radius 1 is 1.35 bits per heavy atom. The molecule has 0 bridgehead atoms. The minimum atomic E-state index is -3.48. The smallest absolute Gasteiger partial charge is 0.247 e. The van der Waals surface area contributed by atoms with Gasteiger partial charge in [-0.1, -0.05) is 19.4 Å². The van der Waals surface area contributed by atoms with Gasteiger partial charge in [0, 0.05) is 12.6 Å². The number of ether oxygens (including phenoxy) is 1. The van der Waals surface area contributed by atoms with Gasteiger partial charge < -0.3 is 4.74 Å². The molecule has 1 aliphatic rings. The molecule has 1 heterocycles. The van der Waals surface area contributed by atoms with Crippen molar-refractivity contribution in [3.8, 4) is 5.75 Å². The summed E-state index contributed by atoms with van der Waals surface area (Å²) in [4.78, 5) is 0.292. The van der Waals surface area contributed by atoms with Crippen molar-refractivity contribution in [2.75, 3.05) is 13.7 Å². The van der Waals surface area contributed by atoms with Crippen LogP contribution in [0.4, 0.5) is 0 Å². The average Bonchev–Trinajstić information content (AvgIpc) is 2.47. The second-order valence-electron chi connectivity index (χ2n) is 5.33. The summed E-state index contributed by atoms with van der Waals surface area (Å²) in [7, 11) is -1.97. The number of hydrogen-bond donors (Lipinski definition) is 0. The van der Waals surface area contributed by atoms with E-state index >= 15 is 0 Å². The molecule has 4 nitrogen and oxygen atoms in total. The van der Waals surface area contributed by atoms with Crippen molar-refractivity contribution in [1.82, 2.24) is 4.31 Å². The molecule has 0 aliphatic carbocycles. The predicted molar refractivity (Wildman–Crippen MR) is 79.6 cm³/mol. The molecule has 5 heteroatoms. The molecule has 0 saturated carbocycles. The van der Waals surface area contributed by atoms with Crippen LogP contribution in [0.3, 0.4) is 0 Å². The largest absolute Gasteiger partial charge is 0.495 e. The maximum absolute atomic E-state index is 12.9. The predicted octanol–water partition coefficient (Wildman–Crippen LogP) is 2.96. The molecule has 1 aromatic carbocycles. The molecule has 1 fully saturated rings. The molecular formula is C15H23NO3S. The van der Waals surface area contributed by atoms with Gasteiger partial charge in [-0.2, -0.15) is 4.31 Å². The summed E-state index contributed by atoms with van der Waals surface area (Å²) in [6.07, 6.45) is 3.84. The summed E-state index contributed by atoms with van der Waals surface area (Å²) in [6, 6.07) is 5.41. The molecule has 1 atom stereocenters. The van der Waals surface area contributed by atoms with Crippen molar-refractivity contribution in [2.45, 2.75) is 50.5 Å². The lowest BCUT2D eigenvalue weighted by atomic mass is 10.0. The minimum Gasteiger partial charge on any atom is -0.495 e. The Morgan fingerprint density at radius 3 is 2.75 bits per heavy atom. The molecule has 0 N–H and O–H groups in total. The van der Waals surface area contributed by atoms with Crippen LogP contribution >= 0.6 is 0 Å². The maximum atomic E-state index is 12.9. The number of sulfonamides is 1. The van der Waals surface area contributed by atoms with Crippen molar-refractivity contribution in [3.05, 3.63) is 23.8 Å². The summed E-state index contributed by atoms with van der Waals surface area (Å²) in [5.41, 5.74) is 0.925. The van der Waals surface area contributed by atoms with E-state index in [1.165, 1.54) is 7.11 Å². The van der Waals surface area contributed by atoms with E-state index in [-0.39, 0.29) is 6.04 Å². The van der Waals surface area contributed by atoms with Crippen molar-refractivity contribution in [3.63, 3.8) is 0 Å². The van der Waals surface area contributed by atoms with Gasteiger partial charge in [0.15, 0.2) is 0 Å². The molecule has 0 amide bonds. The first-order chi connectivity index (χ1) is 9.50. The van der Waals surface area contributed by atoms with Crippen LogP contribution in [-0.4, -0.2) is 32.4 Å². The molecule has 0 aromatic heterocycles. The summed E-state index contributed by atoms with van der Waals surface area (Å²) < 4.78 is 32.8. The van der Waals surface area contributed by atoms with Gasteiger partial charge in [0.1, 0.15) is 10.6 Å². The highest BCUT2D eigenvalue weighted by Gasteiger charge is 2.34. The fraction of sp³-hybridized carbons (Fsp3) is 0.600. The van der Waals surface area contributed by atoms with E-state index in [1.807, 2.05) is 19.9 Å². The lowest BCUT2D eigenvalue weighted by molar-refractivity contribution is 0.246. The van der Waals surface area contributed by atoms with Crippen molar-refractivity contribution >= 4 is 10.0 Å². The van der Waals surface area contributed by atoms with Gasteiger partial charge in [-0.05, 0) is 43.9 Å². The Balaban J connectivity index is 2.46. The van der Waals surface area contributed by atoms with Crippen molar-refractivity contribution in [1.29, 1.82) is 0 Å². The lowest BCUT2D eigenvalue weighted by Crippen LogP contribution is -2.43. The first kappa shape index (κ1) is 15.3. The van der Waals surface area contributed by atoms with Crippen LogP contribution < -0.4 is 4.74 Å². The van der Waals surface area contributed by atoms with E-state index in [9.17, 15) is 8.42 Å². The van der Waals surface area contributed by atoms with Crippen LogP contribution in [0.5, 0.6) is 5.75 Å². The minimum absolute atomic E-state index is 0.110. The molecule has 0 unspecified atom stereocenters. The molecule has 0 radical (unpaired) electrons. The number of rotatable bonds is 4. The molecule has 1 saturated heterocycles. The molecule has 1 aromatic rings. The quantitative estimate of drug-likeness (QED) is 0.858. The topological polar surface area (TPSA) is 46.6 Å². The Hall–Kier alpha value is -1.07. The normalized spacial score (nSPS) is 20.9. The number of piperidine rings is 1. The average molecular weight is 297 g/mol. The molecular weight excluding hydrogens is 274 g/mol. The number of hydrogen-bond acceptors (Lipinski definition) is 3. The number of aryl methyl sites for hydroxylation is 1. The van der Waals surface area contributed by atoms with Gasteiger partial charge in [-0.25, -0.2) is 8.42 Å². The first-order valence-electron chi connectivity index (χ1n) is 7.17.